The van der Waals surface area contributed by atoms with E-state index in [0.717, 1.165) is 76.1 Å². The average molecular weight is 937 g/mol. The number of amides is 1. The third kappa shape index (κ3) is 9.59. The van der Waals surface area contributed by atoms with Crippen molar-refractivity contribution in [2.24, 2.45) is 11.3 Å². The molecule has 2 saturated heterocycles. The number of carbonyl (C=O) groups excluding carboxylic acids is 1. The van der Waals surface area contributed by atoms with Gasteiger partial charge in [-0.05, 0) is 131 Å². The molecule has 67 heavy (non-hydrogen) atoms. The number of rotatable bonds is 14. The molecule has 5 aromatic rings. The summed E-state index contributed by atoms with van der Waals surface area (Å²) in [5.74, 6) is -0.791. The standard InChI is InChI=1S/C50H61FN8O7S/c1-5-41-45(25-39-40(51)30-54-46(39)55-41)66-44-23-33(57-21-18-50(19-22-57)26-34(27-50)58-20-8-11-42(58)37-10-7-6-9-36(37)31(2)3)12-13-38(44)48(60)56-67(64,65)35-24-43(59(62)63)47(53-29-35)52-28-32-14-16-49(4,61)17-15-32/h6-7,9-10,12-13,23-25,29-32,34,42,61H,5,8,11,14-22,26-28H2,1-4H3,(H,52,53)(H,54,55)(H,56,60)/t32?,42-,49?/m0/s1. The van der Waals surface area contributed by atoms with Crippen molar-refractivity contribution >= 4 is 44.2 Å². The Labute approximate surface area is 391 Å². The molecule has 1 spiro atoms. The van der Waals surface area contributed by atoms with E-state index in [1.54, 1.807) is 19.1 Å². The van der Waals surface area contributed by atoms with Gasteiger partial charge in [0.15, 0.2) is 0 Å². The highest BCUT2D eigenvalue weighted by Crippen LogP contribution is 2.54. The predicted molar refractivity (Wildman–Crippen MR) is 255 cm³/mol. The normalized spacial score (nSPS) is 22.3. The first kappa shape index (κ1) is 46.5. The number of halogens is 1. The van der Waals surface area contributed by atoms with Gasteiger partial charge >= 0.3 is 5.69 Å². The maximum absolute atomic E-state index is 14.8. The third-order valence-corrected chi connectivity index (χ3v) is 16.3. The van der Waals surface area contributed by atoms with Crippen molar-refractivity contribution in [1.29, 1.82) is 0 Å². The van der Waals surface area contributed by atoms with Crippen molar-refractivity contribution in [3.05, 3.63) is 105 Å². The second kappa shape index (κ2) is 18.4. The van der Waals surface area contributed by atoms with Crippen LogP contribution in [0.3, 0.4) is 0 Å². The summed E-state index contributed by atoms with van der Waals surface area (Å²) in [5, 5.41) is 25.7. The monoisotopic (exact) mass is 936 g/mol. The van der Waals surface area contributed by atoms with Gasteiger partial charge in [-0.3, -0.25) is 19.8 Å². The smallest absolute Gasteiger partial charge is 0.312 e. The quantitative estimate of drug-likeness (QED) is 0.0609. The number of likely N-dealkylation sites (tertiary alicyclic amines) is 1. The van der Waals surface area contributed by atoms with Gasteiger partial charge in [-0.2, -0.15) is 0 Å². The SMILES string of the molecule is CCc1nc2[nH]cc(F)c2cc1Oc1cc(N2CCC3(CC2)CC(N2CCC[C@H]2c2ccccc2C(C)C)C3)ccc1C(=O)NS(=O)(=O)c1cnc(NCC2CCC(C)(O)CC2)c([N+](=O)[O-])c1. The number of fused-ring (bicyclic) bond motifs is 1. The molecule has 1 atom stereocenters. The van der Waals surface area contributed by atoms with E-state index in [2.05, 4.69) is 72.9 Å². The number of H-pyrrole nitrogens is 1. The van der Waals surface area contributed by atoms with Gasteiger partial charge in [0.1, 0.15) is 27.9 Å². The maximum atomic E-state index is 14.8. The number of sulfonamides is 1. The fourth-order valence-corrected chi connectivity index (χ4v) is 12.0. The molecule has 4 N–H and O–H groups in total. The van der Waals surface area contributed by atoms with Crippen LogP contribution in [0.4, 0.5) is 21.6 Å². The second-order valence-electron chi connectivity index (χ2n) is 19.9. The van der Waals surface area contributed by atoms with E-state index in [4.69, 9.17) is 4.74 Å². The van der Waals surface area contributed by atoms with Gasteiger partial charge < -0.3 is 25.0 Å². The highest BCUT2D eigenvalue weighted by atomic mass is 32.2. The minimum absolute atomic E-state index is 0.0376. The summed E-state index contributed by atoms with van der Waals surface area (Å²) in [6.45, 7) is 11.3. The molecule has 4 fully saturated rings. The van der Waals surface area contributed by atoms with Crippen LogP contribution < -0.4 is 19.7 Å². The number of anilines is 2. The van der Waals surface area contributed by atoms with Crippen LogP contribution in [0.5, 0.6) is 11.5 Å². The van der Waals surface area contributed by atoms with Crippen LogP contribution in [0.1, 0.15) is 131 Å². The van der Waals surface area contributed by atoms with Gasteiger partial charge in [0, 0.05) is 55.7 Å². The zero-order chi connectivity index (χ0) is 47.3. The number of hydrogen-bond donors (Lipinski definition) is 4. The molecule has 0 radical (unpaired) electrons. The topological polar surface area (TPSA) is 196 Å². The summed E-state index contributed by atoms with van der Waals surface area (Å²) in [6, 6.07) is 17.3. The Morgan fingerprint density at radius 3 is 2.51 bits per heavy atom. The molecule has 5 heterocycles. The number of piperidine rings is 1. The molecule has 2 aromatic carbocycles. The highest BCUT2D eigenvalue weighted by molar-refractivity contribution is 7.90. The molecule has 2 aliphatic heterocycles. The first-order valence-corrected chi connectivity index (χ1v) is 25.3. The van der Waals surface area contributed by atoms with Crippen molar-refractivity contribution in [2.75, 3.05) is 36.4 Å². The van der Waals surface area contributed by atoms with Gasteiger partial charge in [0.2, 0.25) is 5.82 Å². The summed E-state index contributed by atoms with van der Waals surface area (Å²) in [4.78, 5) is 41.5. The second-order valence-corrected chi connectivity index (χ2v) is 21.6. The number of benzene rings is 2. The lowest BCUT2D eigenvalue weighted by Gasteiger charge is -2.56. The van der Waals surface area contributed by atoms with E-state index in [1.165, 1.54) is 42.3 Å². The summed E-state index contributed by atoms with van der Waals surface area (Å²) >= 11 is 0. The van der Waals surface area contributed by atoms with Crippen molar-refractivity contribution in [1.82, 2.24) is 24.6 Å². The molecule has 0 bridgehead atoms. The number of carbonyl (C=O) groups is 1. The third-order valence-electron chi connectivity index (χ3n) is 15.0. The van der Waals surface area contributed by atoms with E-state index < -0.39 is 42.9 Å². The molecule has 3 aromatic heterocycles. The van der Waals surface area contributed by atoms with Crippen LogP contribution in [-0.2, 0) is 16.4 Å². The average Bonchev–Trinajstić information content (AvgIpc) is 3.93. The number of hydrogen-bond acceptors (Lipinski definition) is 12. The molecular formula is C50H61FN8O7S. The largest absolute Gasteiger partial charge is 0.455 e. The Bertz CT molecular complexity index is 2770. The first-order valence-electron chi connectivity index (χ1n) is 23.8. The molecule has 1 amide bonds. The molecular weight excluding hydrogens is 876 g/mol. The van der Waals surface area contributed by atoms with Crippen molar-refractivity contribution in [2.45, 2.75) is 127 Å². The number of aromatic amines is 1. The minimum Gasteiger partial charge on any atom is -0.455 e. The number of nitrogens with zero attached hydrogens (tertiary/aromatic N) is 5. The van der Waals surface area contributed by atoms with Gasteiger partial charge in [-0.25, -0.2) is 27.5 Å². The van der Waals surface area contributed by atoms with E-state index in [9.17, 15) is 32.8 Å². The van der Waals surface area contributed by atoms with Crippen LogP contribution in [0, 0.1) is 27.3 Å². The summed E-state index contributed by atoms with van der Waals surface area (Å²) in [7, 11) is -4.69. The number of aliphatic hydroxyl groups is 1. The van der Waals surface area contributed by atoms with Gasteiger partial charge in [-0.1, -0.05) is 45.0 Å². The lowest BCUT2D eigenvalue weighted by atomic mass is 9.59. The number of aryl methyl sites for hydroxylation is 1. The fraction of sp³-hybridized carbons (Fsp3) is 0.500. The zero-order valence-electron chi connectivity index (χ0n) is 38.7. The number of pyridine rings is 2. The molecule has 9 rings (SSSR count). The molecule has 0 unspecified atom stereocenters. The van der Waals surface area contributed by atoms with Crippen LogP contribution in [-0.4, -0.2) is 82.0 Å². The van der Waals surface area contributed by atoms with Crippen LogP contribution in [0.2, 0.25) is 0 Å². The Morgan fingerprint density at radius 1 is 1.04 bits per heavy atom. The first-order chi connectivity index (χ1) is 32.0. The van der Waals surface area contributed by atoms with Crippen LogP contribution >= 0.6 is 0 Å². The maximum Gasteiger partial charge on any atom is 0.312 e. The molecule has 2 saturated carbocycles. The number of nitro groups is 1. The van der Waals surface area contributed by atoms with Crippen molar-refractivity contribution in [3.63, 3.8) is 0 Å². The molecule has 356 valence electrons. The highest BCUT2D eigenvalue weighted by Gasteiger charge is 2.50. The molecule has 4 aliphatic rings. The fourth-order valence-electron chi connectivity index (χ4n) is 11.0. The summed E-state index contributed by atoms with van der Waals surface area (Å²) in [5.41, 5.74) is 3.38. The van der Waals surface area contributed by atoms with Gasteiger partial charge in [-0.15, -0.1) is 0 Å². The van der Waals surface area contributed by atoms with Crippen molar-refractivity contribution in [3.8, 4) is 11.5 Å². The van der Waals surface area contributed by atoms with Crippen molar-refractivity contribution < 1.29 is 32.4 Å². The van der Waals surface area contributed by atoms with E-state index in [1.807, 2.05) is 6.92 Å². The molecule has 17 heteroatoms. The summed E-state index contributed by atoms with van der Waals surface area (Å²) in [6.07, 6.45) is 12.0. The Morgan fingerprint density at radius 2 is 1.79 bits per heavy atom. The Balaban J connectivity index is 0.927. The lowest BCUT2D eigenvalue weighted by Crippen LogP contribution is -2.54. The summed E-state index contributed by atoms with van der Waals surface area (Å²) < 4.78 is 51.0. The van der Waals surface area contributed by atoms with Crippen LogP contribution in [0.15, 0.2) is 71.9 Å². The van der Waals surface area contributed by atoms with E-state index in [-0.39, 0.29) is 39.6 Å². The predicted octanol–water partition coefficient (Wildman–Crippen LogP) is 9.54. The Hall–Kier alpha value is -5.65. The Kier molecular flexibility index (Phi) is 12.8. The van der Waals surface area contributed by atoms with E-state index in [0.29, 0.717) is 55.1 Å². The lowest BCUT2D eigenvalue weighted by molar-refractivity contribution is -0.384. The minimum atomic E-state index is -4.69. The van der Waals surface area contributed by atoms with Gasteiger partial charge in [0.05, 0.1) is 33.4 Å². The number of aromatic nitrogens is 3. The van der Waals surface area contributed by atoms with E-state index >= 15 is 0 Å². The number of ether oxygens (including phenoxy) is 1. The molecule has 15 nitrogen and oxygen atoms in total. The number of nitrogens with one attached hydrogen (secondary N) is 3. The van der Waals surface area contributed by atoms with Gasteiger partial charge in [0.25, 0.3) is 15.9 Å². The molecule has 2 aliphatic carbocycles. The zero-order valence-corrected chi connectivity index (χ0v) is 39.5. The van der Waals surface area contributed by atoms with Crippen LogP contribution in [0.25, 0.3) is 11.0 Å².